The maximum absolute atomic E-state index is 11.7. The lowest BCUT2D eigenvalue weighted by Crippen LogP contribution is -2.32. The highest BCUT2D eigenvalue weighted by Crippen LogP contribution is 2.25. The molecule has 0 aliphatic heterocycles. The number of hydrogen-bond acceptors (Lipinski definition) is 2. The smallest absolute Gasteiger partial charge is 0.252 e. The van der Waals surface area contributed by atoms with Gasteiger partial charge in [-0.05, 0) is 24.8 Å². The summed E-state index contributed by atoms with van der Waals surface area (Å²) in [6.45, 7) is 0.735. The average molecular weight is 259 g/mol. The normalized spacial score (nSPS) is 15.6. The lowest BCUT2D eigenvalue weighted by molar-refractivity contribution is 0.0938. The molecule has 0 aromatic carbocycles. The van der Waals surface area contributed by atoms with E-state index in [-0.39, 0.29) is 11.1 Å². The van der Waals surface area contributed by atoms with E-state index in [4.69, 9.17) is 23.2 Å². The summed E-state index contributed by atoms with van der Waals surface area (Å²) in [7, 11) is 0. The molecule has 1 heterocycles. The van der Waals surface area contributed by atoms with Gasteiger partial charge in [0, 0.05) is 12.7 Å². The van der Waals surface area contributed by atoms with Gasteiger partial charge in [-0.3, -0.25) is 4.79 Å². The van der Waals surface area contributed by atoms with E-state index in [0.29, 0.717) is 16.5 Å². The van der Waals surface area contributed by atoms with Crippen molar-refractivity contribution >= 4 is 29.1 Å². The number of rotatable bonds is 3. The zero-order chi connectivity index (χ0) is 11.5. The van der Waals surface area contributed by atoms with Crippen molar-refractivity contribution in [2.45, 2.75) is 19.3 Å². The first-order valence-corrected chi connectivity index (χ1v) is 6.01. The summed E-state index contributed by atoms with van der Waals surface area (Å²) in [5.41, 5.74) is 0.453. The Hall–Kier alpha value is -0.800. The average Bonchev–Trinajstić information content (AvgIpc) is 2.19. The van der Waals surface area contributed by atoms with Crippen molar-refractivity contribution in [1.29, 1.82) is 0 Å². The molecule has 0 bridgehead atoms. The summed E-state index contributed by atoms with van der Waals surface area (Å²) in [5.74, 6) is 0.498. The Morgan fingerprint density at radius 3 is 2.81 bits per heavy atom. The fraction of sp³-hybridized carbons (Fsp3) is 0.455. The highest BCUT2D eigenvalue weighted by atomic mass is 35.5. The molecule has 1 aliphatic carbocycles. The molecule has 1 N–H and O–H groups in total. The number of amides is 1. The van der Waals surface area contributed by atoms with Crippen molar-refractivity contribution in [2.75, 3.05) is 6.54 Å². The minimum atomic E-state index is -0.141. The van der Waals surface area contributed by atoms with Crippen molar-refractivity contribution < 1.29 is 4.79 Å². The Labute approximate surface area is 104 Å². The molecule has 5 heteroatoms. The van der Waals surface area contributed by atoms with Crippen LogP contribution in [0.25, 0.3) is 0 Å². The predicted molar refractivity (Wildman–Crippen MR) is 63.9 cm³/mol. The maximum Gasteiger partial charge on any atom is 0.252 e. The molecule has 1 aromatic heterocycles. The van der Waals surface area contributed by atoms with Crippen LogP contribution in [-0.4, -0.2) is 17.4 Å². The molecule has 1 aromatic rings. The Balaban J connectivity index is 1.94. The standard InChI is InChI=1S/C11H12Cl2N2O/c12-9-4-8(6-14-10(9)13)11(16)15-5-7-2-1-3-7/h4,6-7H,1-3,5H2,(H,15,16). The van der Waals surface area contributed by atoms with E-state index in [9.17, 15) is 4.79 Å². The molecule has 2 rings (SSSR count). The van der Waals surface area contributed by atoms with Crippen LogP contribution in [0.3, 0.4) is 0 Å². The van der Waals surface area contributed by atoms with Gasteiger partial charge in [0.05, 0.1) is 10.6 Å². The van der Waals surface area contributed by atoms with E-state index in [1.807, 2.05) is 0 Å². The van der Waals surface area contributed by atoms with Gasteiger partial charge in [-0.1, -0.05) is 29.6 Å². The van der Waals surface area contributed by atoms with Crippen LogP contribution in [0.15, 0.2) is 12.3 Å². The molecule has 0 spiro atoms. The molecule has 3 nitrogen and oxygen atoms in total. The second-order valence-corrected chi connectivity index (χ2v) is 4.77. The SMILES string of the molecule is O=C(NCC1CCC1)c1cnc(Cl)c(Cl)c1. The summed E-state index contributed by atoms with van der Waals surface area (Å²) >= 11 is 11.5. The maximum atomic E-state index is 11.7. The highest BCUT2D eigenvalue weighted by Gasteiger charge is 2.18. The van der Waals surface area contributed by atoms with Crippen LogP contribution in [0.1, 0.15) is 29.6 Å². The molecule has 16 heavy (non-hydrogen) atoms. The zero-order valence-electron chi connectivity index (χ0n) is 8.67. The molecule has 0 unspecified atom stereocenters. The number of carbonyl (C=O) groups excluding carboxylic acids is 1. The second kappa shape index (κ2) is 5.02. The summed E-state index contributed by atoms with van der Waals surface area (Å²) in [6.07, 6.45) is 5.12. The third kappa shape index (κ3) is 2.66. The topological polar surface area (TPSA) is 42.0 Å². The largest absolute Gasteiger partial charge is 0.352 e. The summed E-state index contributed by atoms with van der Waals surface area (Å²) in [4.78, 5) is 15.5. The van der Waals surface area contributed by atoms with Crippen molar-refractivity contribution in [3.8, 4) is 0 Å². The van der Waals surface area contributed by atoms with Gasteiger partial charge in [-0.15, -0.1) is 0 Å². The van der Waals surface area contributed by atoms with Gasteiger partial charge in [-0.25, -0.2) is 4.98 Å². The third-order valence-electron chi connectivity index (χ3n) is 2.83. The number of hydrogen-bond donors (Lipinski definition) is 1. The van der Waals surface area contributed by atoms with E-state index in [1.54, 1.807) is 0 Å². The highest BCUT2D eigenvalue weighted by molar-refractivity contribution is 6.41. The van der Waals surface area contributed by atoms with Gasteiger partial charge in [0.25, 0.3) is 5.91 Å². The minimum absolute atomic E-state index is 0.141. The first kappa shape index (κ1) is 11.7. The van der Waals surface area contributed by atoms with Gasteiger partial charge in [0.15, 0.2) is 0 Å². The molecule has 1 aliphatic rings. The summed E-state index contributed by atoms with van der Waals surface area (Å²) < 4.78 is 0. The minimum Gasteiger partial charge on any atom is -0.352 e. The lowest BCUT2D eigenvalue weighted by Gasteiger charge is -2.25. The Morgan fingerprint density at radius 2 is 2.25 bits per heavy atom. The molecule has 0 radical (unpaired) electrons. The molecular weight excluding hydrogens is 247 g/mol. The first-order valence-electron chi connectivity index (χ1n) is 5.26. The molecule has 0 atom stereocenters. The Bertz CT molecular complexity index is 405. The van der Waals surface area contributed by atoms with Crippen LogP contribution < -0.4 is 5.32 Å². The number of halogens is 2. The Kier molecular flexibility index (Phi) is 3.66. The van der Waals surface area contributed by atoms with Crippen LogP contribution in [0.5, 0.6) is 0 Å². The third-order valence-corrected chi connectivity index (χ3v) is 3.52. The van der Waals surface area contributed by atoms with Crippen molar-refractivity contribution in [3.05, 3.63) is 28.0 Å². The van der Waals surface area contributed by atoms with Gasteiger partial charge < -0.3 is 5.32 Å². The van der Waals surface area contributed by atoms with Crippen LogP contribution in [-0.2, 0) is 0 Å². The summed E-state index contributed by atoms with van der Waals surface area (Å²) in [6, 6.07) is 1.53. The van der Waals surface area contributed by atoms with Gasteiger partial charge in [0.2, 0.25) is 0 Å². The van der Waals surface area contributed by atoms with E-state index in [1.165, 1.54) is 31.5 Å². The van der Waals surface area contributed by atoms with Crippen LogP contribution in [0.4, 0.5) is 0 Å². The van der Waals surface area contributed by atoms with Gasteiger partial charge in [0.1, 0.15) is 5.15 Å². The molecule has 1 fully saturated rings. The van der Waals surface area contributed by atoms with E-state index < -0.39 is 0 Å². The van der Waals surface area contributed by atoms with Crippen molar-refractivity contribution in [1.82, 2.24) is 10.3 Å². The Morgan fingerprint density at radius 1 is 1.50 bits per heavy atom. The lowest BCUT2D eigenvalue weighted by atomic mass is 9.85. The zero-order valence-corrected chi connectivity index (χ0v) is 10.2. The van der Waals surface area contributed by atoms with Crippen LogP contribution >= 0.6 is 23.2 Å². The van der Waals surface area contributed by atoms with Crippen LogP contribution in [0, 0.1) is 5.92 Å². The quantitative estimate of drug-likeness (QED) is 0.848. The monoisotopic (exact) mass is 258 g/mol. The molecule has 1 amide bonds. The number of carbonyl (C=O) groups is 1. The van der Waals surface area contributed by atoms with E-state index >= 15 is 0 Å². The number of nitrogens with zero attached hydrogens (tertiary/aromatic N) is 1. The summed E-state index contributed by atoms with van der Waals surface area (Å²) in [5, 5.41) is 3.39. The van der Waals surface area contributed by atoms with Crippen LogP contribution in [0.2, 0.25) is 10.2 Å². The number of aromatic nitrogens is 1. The first-order chi connectivity index (χ1) is 7.66. The fourth-order valence-electron chi connectivity index (χ4n) is 1.58. The fourth-order valence-corrected chi connectivity index (χ4v) is 1.85. The van der Waals surface area contributed by atoms with Gasteiger partial charge in [-0.2, -0.15) is 0 Å². The predicted octanol–water partition coefficient (Wildman–Crippen LogP) is 2.92. The van der Waals surface area contributed by atoms with E-state index in [2.05, 4.69) is 10.3 Å². The molecular formula is C11H12Cl2N2O. The number of nitrogens with one attached hydrogen (secondary N) is 1. The number of pyridine rings is 1. The van der Waals surface area contributed by atoms with E-state index in [0.717, 1.165) is 6.54 Å². The van der Waals surface area contributed by atoms with Crippen molar-refractivity contribution in [2.24, 2.45) is 5.92 Å². The van der Waals surface area contributed by atoms with Crippen molar-refractivity contribution in [3.63, 3.8) is 0 Å². The molecule has 86 valence electrons. The second-order valence-electron chi connectivity index (χ2n) is 4.00. The molecule has 1 saturated carbocycles. The molecule has 0 saturated heterocycles. The van der Waals surface area contributed by atoms with Gasteiger partial charge >= 0.3 is 0 Å².